The lowest BCUT2D eigenvalue weighted by molar-refractivity contribution is -0.122. The normalized spacial score (nSPS) is 22.9. The zero-order chi connectivity index (χ0) is 14.1. The number of aryl methyl sites for hydroxylation is 1. The summed E-state index contributed by atoms with van der Waals surface area (Å²) in [6.45, 7) is 2.02. The summed E-state index contributed by atoms with van der Waals surface area (Å²) < 4.78 is 1.78. The van der Waals surface area contributed by atoms with Gasteiger partial charge in [-0.05, 0) is 44.2 Å². The molecule has 0 spiro atoms. The number of hydrogen-bond acceptors (Lipinski definition) is 4. The van der Waals surface area contributed by atoms with E-state index in [4.69, 9.17) is 5.73 Å². The Kier molecular flexibility index (Phi) is 3.30. The number of rotatable bonds is 3. The van der Waals surface area contributed by atoms with Crippen molar-refractivity contribution in [1.82, 2.24) is 14.6 Å². The van der Waals surface area contributed by atoms with E-state index in [1.54, 1.807) is 4.52 Å². The van der Waals surface area contributed by atoms with Crippen LogP contribution in [0.5, 0.6) is 0 Å². The van der Waals surface area contributed by atoms with E-state index < -0.39 is 0 Å². The third-order valence-corrected chi connectivity index (χ3v) is 4.02. The monoisotopic (exact) mass is 273 g/mol. The number of primary amides is 1. The van der Waals surface area contributed by atoms with E-state index in [0.717, 1.165) is 36.9 Å². The molecule has 0 radical (unpaired) electrons. The summed E-state index contributed by atoms with van der Waals surface area (Å²) in [6, 6.07) is 4.30. The van der Waals surface area contributed by atoms with Crippen molar-refractivity contribution in [3.05, 3.63) is 23.9 Å². The van der Waals surface area contributed by atoms with E-state index in [2.05, 4.69) is 15.4 Å². The number of carbonyl (C=O) groups excluding carboxylic acids is 1. The molecule has 1 aliphatic carbocycles. The van der Waals surface area contributed by atoms with E-state index in [9.17, 15) is 4.79 Å². The summed E-state index contributed by atoms with van der Waals surface area (Å²) in [7, 11) is 0. The van der Waals surface area contributed by atoms with Gasteiger partial charge in [0.05, 0.1) is 0 Å². The highest BCUT2D eigenvalue weighted by Crippen LogP contribution is 2.25. The second-order valence-electron chi connectivity index (χ2n) is 5.49. The molecule has 106 valence electrons. The first-order chi connectivity index (χ1) is 9.63. The SMILES string of the molecule is Cc1cccn2nc(NC3CCC(C(N)=O)CC3)nc12. The molecule has 0 atom stereocenters. The summed E-state index contributed by atoms with van der Waals surface area (Å²) in [5.74, 6) is 0.510. The number of nitrogens with two attached hydrogens (primary N) is 1. The summed E-state index contributed by atoms with van der Waals surface area (Å²) >= 11 is 0. The average Bonchev–Trinajstić information content (AvgIpc) is 2.83. The van der Waals surface area contributed by atoms with Crippen LogP contribution in [-0.4, -0.2) is 26.5 Å². The molecule has 6 nitrogen and oxygen atoms in total. The van der Waals surface area contributed by atoms with Crippen LogP contribution in [0.3, 0.4) is 0 Å². The van der Waals surface area contributed by atoms with Gasteiger partial charge < -0.3 is 11.1 Å². The second-order valence-corrected chi connectivity index (χ2v) is 5.49. The Hall–Kier alpha value is -2.11. The average molecular weight is 273 g/mol. The van der Waals surface area contributed by atoms with Crippen molar-refractivity contribution in [3.63, 3.8) is 0 Å². The molecule has 2 heterocycles. The molecule has 0 saturated heterocycles. The number of nitrogens with zero attached hydrogens (tertiary/aromatic N) is 3. The molecule has 20 heavy (non-hydrogen) atoms. The van der Waals surface area contributed by atoms with E-state index >= 15 is 0 Å². The van der Waals surface area contributed by atoms with Crippen LogP contribution in [0.15, 0.2) is 18.3 Å². The molecule has 0 aromatic carbocycles. The first-order valence-corrected chi connectivity index (χ1v) is 7.01. The van der Waals surface area contributed by atoms with E-state index in [-0.39, 0.29) is 11.8 Å². The fourth-order valence-electron chi connectivity index (χ4n) is 2.81. The lowest BCUT2D eigenvalue weighted by atomic mass is 9.86. The molecule has 1 fully saturated rings. The Morgan fingerprint density at radius 1 is 1.40 bits per heavy atom. The van der Waals surface area contributed by atoms with Gasteiger partial charge in [-0.3, -0.25) is 4.79 Å². The second kappa shape index (κ2) is 5.11. The molecular formula is C14H19N5O. The van der Waals surface area contributed by atoms with Crippen LogP contribution >= 0.6 is 0 Å². The summed E-state index contributed by atoms with van der Waals surface area (Å²) in [6.07, 6.45) is 5.45. The molecule has 3 rings (SSSR count). The van der Waals surface area contributed by atoms with Crippen LogP contribution in [0.2, 0.25) is 0 Å². The molecule has 6 heteroatoms. The number of fused-ring (bicyclic) bond motifs is 1. The zero-order valence-corrected chi connectivity index (χ0v) is 11.5. The standard InChI is InChI=1S/C14H19N5O/c1-9-3-2-8-19-13(9)17-14(18-19)16-11-6-4-10(5-7-11)12(15)20/h2-3,8,10-11H,4-7H2,1H3,(H2,15,20)(H,16,18). The number of anilines is 1. The van der Waals surface area contributed by atoms with Gasteiger partial charge in [-0.1, -0.05) is 6.07 Å². The van der Waals surface area contributed by atoms with Gasteiger partial charge in [-0.15, -0.1) is 5.10 Å². The molecule has 0 aliphatic heterocycles. The Labute approximate surface area is 117 Å². The maximum absolute atomic E-state index is 11.1. The van der Waals surface area contributed by atoms with Crippen molar-refractivity contribution in [2.75, 3.05) is 5.32 Å². The number of nitrogens with one attached hydrogen (secondary N) is 1. The maximum Gasteiger partial charge on any atom is 0.243 e. The Morgan fingerprint density at radius 3 is 2.80 bits per heavy atom. The summed E-state index contributed by atoms with van der Waals surface area (Å²) in [5, 5.41) is 7.79. The van der Waals surface area contributed by atoms with Gasteiger partial charge >= 0.3 is 0 Å². The van der Waals surface area contributed by atoms with Crippen LogP contribution in [0.25, 0.3) is 5.65 Å². The minimum Gasteiger partial charge on any atom is -0.369 e. The van der Waals surface area contributed by atoms with Gasteiger partial charge in [-0.25, -0.2) is 4.52 Å². The lowest BCUT2D eigenvalue weighted by Crippen LogP contribution is -2.32. The first kappa shape index (κ1) is 12.9. The Morgan fingerprint density at radius 2 is 2.15 bits per heavy atom. The number of pyridine rings is 1. The molecule has 1 aliphatic rings. The van der Waals surface area contributed by atoms with Gasteiger partial charge in [0.1, 0.15) is 0 Å². The third kappa shape index (κ3) is 2.45. The van der Waals surface area contributed by atoms with Crippen LogP contribution in [0, 0.1) is 12.8 Å². The van der Waals surface area contributed by atoms with E-state index in [1.807, 2.05) is 25.3 Å². The van der Waals surface area contributed by atoms with Crippen molar-refractivity contribution in [1.29, 1.82) is 0 Å². The van der Waals surface area contributed by atoms with Crippen LogP contribution in [0.1, 0.15) is 31.2 Å². The predicted molar refractivity (Wildman–Crippen MR) is 76.3 cm³/mol. The van der Waals surface area contributed by atoms with E-state index in [1.165, 1.54) is 0 Å². The number of aromatic nitrogens is 3. The van der Waals surface area contributed by atoms with Crippen molar-refractivity contribution in [2.24, 2.45) is 11.7 Å². The fourth-order valence-corrected chi connectivity index (χ4v) is 2.81. The van der Waals surface area contributed by atoms with Gasteiger partial charge in [-0.2, -0.15) is 4.98 Å². The first-order valence-electron chi connectivity index (χ1n) is 7.01. The quantitative estimate of drug-likeness (QED) is 0.887. The fraction of sp³-hybridized carbons (Fsp3) is 0.500. The molecular weight excluding hydrogens is 254 g/mol. The Bertz CT molecular complexity index is 628. The summed E-state index contributed by atoms with van der Waals surface area (Å²) in [5.41, 5.74) is 7.32. The van der Waals surface area contributed by atoms with Crippen LogP contribution < -0.4 is 11.1 Å². The number of hydrogen-bond donors (Lipinski definition) is 2. The molecule has 2 aromatic heterocycles. The molecule has 0 bridgehead atoms. The summed E-state index contributed by atoms with van der Waals surface area (Å²) in [4.78, 5) is 15.7. The van der Waals surface area contributed by atoms with Gasteiger partial charge in [0.25, 0.3) is 0 Å². The highest BCUT2D eigenvalue weighted by atomic mass is 16.1. The highest BCUT2D eigenvalue weighted by Gasteiger charge is 2.25. The Balaban J connectivity index is 1.68. The van der Waals surface area contributed by atoms with Crippen molar-refractivity contribution < 1.29 is 4.79 Å². The van der Waals surface area contributed by atoms with Crippen molar-refractivity contribution in [2.45, 2.75) is 38.6 Å². The third-order valence-electron chi connectivity index (χ3n) is 4.02. The number of carbonyl (C=O) groups is 1. The molecule has 0 unspecified atom stereocenters. The smallest absolute Gasteiger partial charge is 0.243 e. The minimum atomic E-state index is -0.176. The number of amides is 1. The topological polar surface area (TPSA) is 85.3 Å². The molecule has 1 saturated carbocycles. The molecule has 1 amide bonds. The van der Waals surface area contributed by atoms with Crippen LogP contribution in [-0.2, 0) is 4.79 Å². The lowest BCUT2D eigenvalue weighted by Gasteiger charge is -2.26. The largest absolute Gasteiger partial charge is 0.369 e. The van der Waals surface area contributed by atoms with Gasteiger partial charge in [0.15, 0.2) is 5.65 Å². The van der Waals surface area contributed by atoms with E-state index in [0.29, 0.717) is 12.0 Å². The van der Waals surface area contributed by atoms with Gasteiger partial charge in [0.2, 0.25) is 11.9 Å². The molecule has 3 N–H and O–H groups in total. The predicted octanol–water partition coefficient (Wildman–Crippen LogP) is 1.49. The molecule has 2 aromatic rings. The minimum absolute atomic E-state index is 0.0318. The van der Waals surface area contributed by atoms with Gasteiger partial charge in [0, 0.05) is 18.2 Å². The maximum atomic E-state index is 11.1. The van der Waals surface area contributed by atoms with Crippen molar-refractivity contribution >= 4 is 17.5 Å². The van der Waals surface area contributed by atoms with Crippen LogP contribution in [0.4, 0.5) is 5.95 Å². The zero-order valence-electron chi connectivity index (χ0n) is 11.5. The highest BCUT2D eigenvalue weighted by molar-refractivity contribution is 5.76. The van der Waals surface area contributed by atoms with Crippen molar-refractivity contribution in [3.8, 4) is 0 Å².